The molecular formula is C12H11NO4. The van der Waals surface area contributed by atoms with Gasteiger partial charge in [-0.2, -0.15) is 0 Å². The molecule has 2 rings (SSSR count). The SMILES string of the molecule is CC(=O)OC(C(=O)O)c1cc2ccccc2[nH]1. The van der Waals surface area contributed by atoms with Gasteiger partial charge in [-0.05, 0) is 17.5 Å². The Kier molecular flexibility index (Phi) is 2.82. The van der Waals surface area contributed by atoms with Crippen LogP contribution in [0.2, 0.25) is 0 Å². The lowest BCUT2D eigenvalue weighted by Crippen LogP contribution is -2.18. The van der Waals surface area contributed by atoms with E-state index in [4.69, 9.17) is 9.84 Å². The second-order valence-electron chi connectivity index (χ2n) is 3.64. The molecule has 0 bridgehead atoms. The normalized spacial score (nSPS) is 12.3. The highest BCUT2D eigenvalue weighted by Crippen LogP contribution is 2.22. The summed E-state index contributed by atoms with van der Waals surface area (Å²) in [6.45, 7) is 1.18. The third-order valence-electron chi connectivity index (χ3n) is 2.34. The Bertz CT molecular complexity index is 540. The quantitative estimate of drug-likeness (QED) is 0.793. The van der Waals surface area contributed by atoms with Gasteiger partial charge in [-0.3, -0.25) is 4.79 Å². The van der Waals surface area contributed by atoms with Gasteiger partial charge in [0.1, 0.15) is 0 Å². The largest absolute Gasteiger partial charge is 0.478 e. The molecule has 0 aliphatic rings. The molecule has 1 aromatic heterocycles. The van der Waals surface area contributed by atoms with Gasteiger partial charge in [0.2, 0.25) is 6.10 Å². The van der Waals surface area contributed by atoms with Crippen LogP contribution in [0, 0.1) is 0 Å². The van der Waals surface area contributed by atoms with E-state index >= 15 is 0 Å². The van der Waals surface area contributed by atoms with Crippen LogP contribution in [0.1, 0.15) is 18.7 Å². The van der Waals surface area contributed by atoms with Crippen molar-refractivity contribution in [3.8, 4) is 0 Å². The van der Waals surface area contributed by atoms with E-state index in [2.05, 4.69) is 4.98 Å². The predicted octanol–water partition coefficient (Wildman–Crippen LogP) is 1.86. The first-order valence-electron chi connectivity index (χ1n) is 5.05. The van der Waals surface area contributed by atoms with Crippen LogP contribution in [0.5, 0.6) is 0 Å². The number of H-pyrrole nitrogens is 1. The number of esters is 1. The van der Waals surface area contributed by atoms with E-state index in [1.807, 2.05) is 24.3 Å². The number of benzene rings is 1. The molecule has 0 saturated carbocycles. The van der Waals surface area contributed by atoms with E-state index in [1.54, 1.807) is 6.07 Å². The minimum Gasteiger partial charge on any atom is -0.478 e. The third kappa shape index (κ3) is 2.28. The van der Waals surface area contributed by atoms with E-state index < -0.39 is 18.0 Å². The van der Waals surface area contributed by atoms with Gasteiger partial charge in [0.05, 0.1) is 5.69 Å². The molecule has 0 aliphatic heterocycles. The van der Waals surface area contributed by atoms with Crippen LogP contribution in [-0.4, -0.2) is 22.0 Å². The Balaban J connectivity index is 2.41. The molecule has 0 fully saturated rings. The first-order valence-corrected chi connectivity index (χ1v) is 5.05. The highest BCUT2D eigenvalue weighted by atomic mass is 16.6. The lowest BCUT2D eigenvalue weighted by Gasteiger charge is -2.10. The number of rotatable bonds is 3. The van der Waals surface area contributed by atoms with Gasteiger partial charge in [0.25, 0.3) is 0 Å². The number of ether oxygens (including phenoxy) is 1. The standard InChI is InChI=1S/C12H11NO4/c1-7(14)17-11(12(15)16)10-6-8-4-2-3-5-9(8)13-10/h2-6,11,13H,1H3,(H,15,16). The Morgan fingerprint density at radius 2 is 2.06 bits per heavy atom. The lowest BCUT2D eigenvalue weighted by atomic mass is 10.2. The average Bonchev–Trinajstić information content (AvgIpc) is 2.68. The van der Waals surface area contributed by atoms with Crippen LogP contribution < -0.4 is 0 Å². The maximum atomic E-state index is 11.0. The maximum Gasteiger partial charge on any atom is 0.351 e. The molecule has 1 unspecified atom stereocenters. The Labute approximate surface area is 97.0 Å². The summed E-state index contributed by atoms with van der Waals surface area (Å²) < 4.78 is 4.76. The van der Waals surface area contributed by atoms with Crippen molar-refractivity contribution in [2.75, 3.05) is 0 Å². The Morgan fingerprint density at radius 3 is 2.65 bits per heavy atom. The number of aliphatic carboxylic acids is 1. The van der Waals surface area contributed by atoms with Crippen LogP contribution in [0.3, 0.4) is 0 Å². The molecule has 5 heteroatoms. The average molecular weight is 233 g/mol. The number of para-hydroxylation sites is 1. The van der Waals surface area contributed by atoms with Gasteiger partial charge >= 0.3 is 11.9 Å². The Hall–Kier alpha value is -2.30. The molecule has 0 amide bonds. The van der Waals surface area contributed by atoms with Gasteiger partial charge in [0, 0.05) is 12.4 Å². The number of nitrogens with one attached hydrogen (secondary N) is 1. The molecule has 1 aromatic carbocycles. The van der Waals surface area contributed by atoms with Crippen molar-refractivity contribution in [1.29, 1.82) is 0 Å². The number of aromatic amines is 1. The fourth-order valence-corrected chi connectivity index (χ4v) is 1.65. The van der Waals surface area contributed by atoms with Gasteiger partial charge in [-0.25, -0.2) is 4.79 Å². The topological polar surface area (TPSA) is 79.4 Å². The highest BCUT2D eigenvalue weighted by molar-refractivity contribution is 5.84. The van der Waals surface area contributed by atoms with Crippen molar-refractivity contribution in [1.82, 2.24) is 4.98 Å². The van der Waals surface area contributed by atoms with E-state index in [9.17, 15) is 9.59 Å². The van der Waals surface area contributed by atoms with Crippen molar-refractivity contribution in [3.05, 3.63) is 36.0 Å². The summed E-state index contributed by atoms with van der Waals surface area (Å²) >= 11 is 0. The van der Waals surface area contributed by atoms with E-state index in [-0.39, 0.29) is 0 Å². The molecule has 88 valence electrons. The minimum absolute atomic E-state index is 0.355. The van der Waals surface area contributed by atoms with Gasteiger partial charge in [-0.15, -0.1) is 0 Å². The first kappa shape index (κ1) is 11.2. The Morgan fingerprint density at radius 1 is 1.35 bits per heavy atom. The number of carbonyl (C=O) groups is 2. The molecule has 2 aromatic rings. The van der Waals surface area contributed by atoms with Crippen LogP contribution in [0.25, 0.3) is 10.9 Å². The van der Waals surface area contributed by atoms with Crippen LogP contribution in [-0.2, 0) is 14.3 Å². The van der Waals surface area contributed by atoms with E-state index in [0.717, 1.165) is 10.9 Å². The number of fused-ring (bicyclic) bond motifs is 1. The zero-order chi connectivity index (χ0) is 12.4. The van der Waals surface area contributed by atoms with Crippen molar-refractivity contribution >= 4 is 22.8 Å². The number of hydrogen-bond donors (Lipinski definition) is 2. The number of carboxylic acid groups (broad SMARTS) is 1. The summed E-state index contributed by atoms with van der Waals surface area (Å²) in [5.74, 6) is -1.83. The second kappa shape index (κ2) is 4.29. The minimum atomic E-state index is -1.29. The highest BCUT2D eigenvalue weighted by Gasteiger charge is 2.24. The summed E-state index contributed by atoms with van der Waals surface area (Å²) in [4.78, 5) is 24.8. The van der Waals surface area contributed by atoms with Crippen LogP contribution in [0.15, 0.2) is 30.3 Å². The van der Waals surface area contributed by atoms with Crippen LogP contribution >= 0.6 is 0 Å². The number of carbonyl (C=O) groups excluding carboxylic acids is 1. The van der Waals surface area contributed by atoms with E-state index in [0.29, 0.717) is 5.69 Å². The van der Waals surface area contributed by atoms with E-state index in [1.165, 1.54) is 6.92 Å². The molecule has 0 aliphatic carbocycles. The summed E-state index contributed by atoms with van der Waals surface area (Å²) in [5.41, 5.74) is 1.16. The molecule has 17 heavy (non-hydrogen) atoms. The van der Waals surface area contributed by atoms with Crippen molar-refractivity contribution in [2.45, 2.75) is 13.0 Å². The summed E-state index contributed by atoms with van der Waals surface area (Å²) in [6.07, 6.45) is -1.29. The smallest absolute Gasteiger partial charge is 0.351 e. The lowest BCUT2D eigenvalue weighted by molar-refractivity contribution is -0.163. The molecular weight excluding hydrogens is 222 g/mol. The maximum absolute atomic E-state index is 11.0. The monoisotopic (exact) mass is 233 g/mol. The predicted molar refractivity (Wildman–Crippen MR) is 60.4 cm³/mol. The number of aromatic nitrogens is 1. The second-order valence-corrected chi connectivity index (χ2v) is 3.64. The number of carboxylic acids is 1. The summed E-state index contributed by atoms with van der Waals surface area (Å²) in [5, 5.41) is 9.88. The number of hydrogen-bond acceptors (Lipinski definition) is 3. The summed E-state index contributed by atoms with van der Waals surface area (Å²) in [6, 6.07) is 9.02. The zero-order valence-electron chi connectivity index (χ0n) is 9.14. The molecule has 0 saturated heterocycles. The fourth-order valence-electron chi connectivity index (χ4n) is 1.65. The van der Waals surface area contributed by atoms with Gasteiger partial charge in [0.15, 0.2) is 0 Å². The molecule has 2 N–H and O–H groups in total. The summed E-state index contributed by atoms with van der Waals surface area (Å²) in [7, 11) is 0. The van der Waals surface area contributed by atoms with Crippen molar-refractivity contribution in [2.24, 2.45) is 0 Å². The fraction of sp³-hybridized carbons (Fsp3) is 0.167. The van der Waals surface area contributed by atoms with Crippen molar-refractivity contribution < 1.29 is 19.4 Å². The zero-order valence-corrected chi connectivity index (χ0v) is 9.14. The van der Waals surface area contributed by atoms with Gasteiger partial charge in [-0.1, -0.05) is 18.2 Å². The molecule has 0 spiro atoms. The van der Waals surface area contributed by atoms with Crippen LogP contribution in [0.4, 0.5) is 0 Å². The third-order valence-corrected chi connectivity index (χ3v) is 2.34. The van der Waals surface area contributed by atoms with Gasteiger partial charge < -0.3 is 14.8 Å². The molecule has 0 radical (unpaired) electrons. The molecule has 1 atom stereocenters. The van der Waals surface area contributed by atoms with Crippen molar-refractivity contribution in [3.63, 3.8) is 0 Å². The molecule has 5 nitrogen and oxygen atoms in total. The first-order chi connectivity index (χ1) is 8.08. The molecule has 1 heterocycles.